The smallest absolute Gasteiger partial charge is 0.410 e. The van der Waals surface area contributed by atoms with E-state index in [1.807, 2.05) is 46.8 Å². The van der Waals surface area contributed by atoms with Crippen molar-refractivity contribution in [1.82, 2.24) is 14.8 Å². The second-order valence-corrected chi connectivity index (χ2v) is 9.93. The van der Waals surface area contributed by atoms with Crippen molar-refractivity contribution < 1.29 is 14.3 Å². The summed E-state index contributed by atoms with van der Waals surface area (Å²) in [5.74, 6) is -0.338. The zero-order chi connectivity index (χ0) is 25.0. The first-order chi connectivity index (χ1) is 16.0. The minimum absolute atomic E-state index is 0.00304. The lowest BCUT2D eigenvalue weighted by Crippen LogP contribution is -2.54. The number of benzene rings is 1. The van der Waals surface area contributed by atoms with Crippen molar-refractivity contribution >= 4 is 29.3 Å². The summed E-state index contributed by atoms with van der Waals surface area (Å²) >= 11 is 6.38. The molecule has 8 nitrogen and oxygen atoms in total. The summed E-state index contributed by atoms with van der Waals surface area (Å²) in [6.45, 7) is 12.1. The molecule has 0 radical (unpaired) electrons. The van der Waals surface area contributed by atoms with Crippen LogP contribution in [0.15, 0.2) is 30.5 Å². The van der Waals surface area contributed by atoms with E-state index in [1.165, 1.54) is 12.3 Å². The van der Waals surface area contributed by atoms with E-state index in [4.69, 9.17) is 21.6 Å². The van der Waals surface area contributed by atoms with Crippen molar-refractivity contribution in [3.63, 3.8) is 0 Å². The van der Waals surface area contributed by atoms with Gasteiger partial charge in [0.2, 0.25) is 0 Å². The summed E-state index contributed by atoms with van der Waals surface area (Å²) in [6.07, 6.45) is 1.14. The molecule has 3 rings (SSSR count). The van der Waals surface area contributed by atoms with Gasteiger partial charge in [0.1, 0.15) is 17.4 Å². The van der Waals surface area contributed by atoms with Crippen molar-refractivity contribution in [2.45, 2.75) is 52.8 Å². The fourth-order valence-electron chi connectivity index (χ4n) is 3.87. The molecule has 1 fully saturated rings. The summed E-state index contributed by atoms with van der Waals surface area (Å²) in [6, 6.07) is 8.56. The van der Waals surface area contributed by atoms with Crippen LogP contribution in [0, 0.1) is 18.3 Å². The SMILES string of the molecule is Cc1c(CN2CCN(C(=O)OC(C)(C)C)[C@@H](C)C2)cc(Cl)cc1NC(=O)c1ccnc(C#N)c1. The molecule has 0 bridgehead atoms. The van der Waals surface area contributed by atoms with Gasteiger partial charge in [-0.05, 0) is 70.0 Å². The van der Waals surface area contributed by atoms with Crippen molar-refractivity contribution in [3.8, 4) is 6.07 Å². The predicted molar refractivity (Wildman–Crippen MR) is 131 cm³/mol. The summed E-state index contributed by atoms with van der Waals surface area (Å²) in [4.78, 5) is 33.2. The number of hydrogen-bond acceptors (Lipinski definition) is 6. The minimum Gasteiger partial charge on any atom is -0.444 e. The maximum Gasteiger partial charge on any atom is 0.410 e. The molecular weight excluding hydrogens is 454 g/mol. The standard InChI is InChI=1S/C25H30ClN5O3/c1-16-14-30(8-9-31(16)24(33)34-25(3,4)5)15-19-10-20(26)12-22(17(19)2)29-23(32)18-6-7-28-21(11-18)13-27/h6-7,10-12,16H,8-9,14-15H2,1-5H3,(H,29,32)/t16-/m0/s1. The zero-order valence-corrected chi connectivity index (χ0v) is 20.9. The van der Waals surface area contributed by atoms with Crippen LogP contribution in [0.25, 0.3) is 0 Å². The van der Waals surface area contributed by atoms with Gasteiger partial charge >= 0.3 is 6.09 Å². The summed E-state index contributed by atoms with van der Waals surface area (Å²) < 4.78 is 5.53. The number of piperazine rings is 1. The number of carbonyl (C=O) groups excluding carboxylic acids is 2. The Morgan fingerprint density at radius 2 is 2.03 bits per heavy atom. The molecule has 1 aromatic heterocycles. The highest BCUT2D eigenvalue weighted by atomic mass is 35.5. The lowest BCUT2D eigenvalue weighted by atomic mass is 10.0. The molecule has 2 amide bonds. The Hall–Kier alpha value is -3.15. The lowest BCUT2D eigenvalue weighted by Gasteiger charge is -2.40. The molecule has 0 aliphatic carbocycles. The average Bonchev–Trinajstić information content (AvgIpc) is 2.75. The van der Waals surface area contributed by atoms with Crippen LogP contribution in [0.2, 0.25) is 5.02 Å². The van der Waals surface area contributed by atoms with Crippen LogP contribution in [0.1, 0.15) is 54.9 Å². The number of nitrogens with zero attached hydrogens (tertiary/aromatic N) is 4. The predicted octanol–water partition coefficient (Wildman–Crippen LogP) is 4.61. The van der Waals surface area contributed by atoms with Crippen LogP contribution in [0.5, 0.6) is 0 Å². The van der Waals surface area contributed by atoms with E-state index in [-0.39, 0.29) is 23.7 Å². The molecular formula is C25H30ClN5O3. The van der Waals surface area contributed by atoms with Gasteiger partial charge in [-0.25, -0.2) is 9.78 Å². The fraction of sp³-hybridized carbons (Fsp3) is 0.440. The molecule has 1 atom stereocenters. The lowest BCUT2D eigenvalue weighted by molar-refractivity contribution is 0.000535. The van der Waals surface area contributed by atoms with Gasteiger partial charge < -0.3 is 15.0 Å². The van der Waals surface area contributed by atoms with E-state index in [0.29, 0.717) is 42.5 Å². The van der Waals surface area contributed by atoms with E-state index < -0.39 is 5.60 Å². The van der Waals surface area contributed by atoms with Gasteiger partial charge in [-0.15, -0.1) is 0 Å². The average molecular weight is 484 g/mol. The molecule has 9 heteroatoms. The van der Waals surface area contributed by atoms with Crippen LogP contribution in [-0.4, -0.2) is 58.1 Å². The summed E-state index contributed by atoms with van der Waals surface area (Å²) in [7, 11) is 0. The zero-order valence-electron chi connectivity index (χ0n) is 20.2. The van der Waals surface area contributed by atoms with E-state index in [0.717, 1.165) is 11.1 Å². The highest BCUT2D eigenvalue weighted by Crippen LogP contribution is 2.27. The highest BCUT2D eigenvalue weighted by Gasteiger charge is 2.31. The highest BCUT2D eigenvalue weighted by molar-refractivity contribution is 6.31. The molecule has 2 heterocycles. The first-order valence-electron chi connectivity index (χ1n) is 11.2. The van der Waals surface area contributed by atoms with Gasteiger partial charge in [0.25, 0.3) is 5.91 Å². The molecule has 1 N–H and O–H groups in total. The topological polar surface area (TPSA) is 98.6 Å². The number of anilines is 1. The second-order valence-electron chi connectivity index (χ2n) is 9.49. The Kier molecular flexibility index (Phi) is 7.80. The van der Waals surface area contributed by atoms with Crippen LogP contribution in [0.4, 0.5) is 10.5 Å². The van der Waals surface area contributed by atoms with Crippen molar-refractivity contribution in [3.05, 3.63) is 57.9 Å². The van der Waals surface area contributed by atoms with Crippen LogP contribution in [0.3, 0.4) is 0 Å². The maximum atomic E-state index is 12.7. The number of ether oxygens (including phenoxy) is 1. The molecule has 2 aromatic rings. The first-order valence-corrected chi connectivity index (χ1v) is 11.5. The van der Waals surface area contributed by atoms with Gasteiger partial charge in [-0.3, -0.25) is 9.69 Å². The number of halogens is 1. The molecule has 1 saturated heterocycles. The Balaban J connectivity index is 1.70. The maximum absolute atomic E-state index is 12.7. The quantitative estimate of drug-likeness (QED) is 0.681. The number of pyridine rings is 1. The number of rotatable bonds is 4. The van der Waals surface area contributed by atoms with Gasteiger partial charge in [0.05, 0.1) is 0 Å². The number of amides is 2. The van der Waals surface area contributed by atoms with Crippen LogP contribution < -0.4 is 5.32 Å². The van der Waals surface area contributed by atoms with Crippen LogP contribution in [-0.2, 0) is 11.3 Å². The fourth-order valence-corrected chi connectivity index (χ4v) is 4.11. The molecule has 0 unspecified atom stereocenters. The van der Waals surface area contributed by atoms with E-state index in [1.54, 1.807) is 17.0 Å². The third-order valence-corrected chi connectivity index (χ3v) is 5.82. The van der Waals surface area contributed by atoms with Crippen molar-refractivity contribution in [1.29, 1.82) is 5.26 Å². The summed E-state index contributed by atoms with van der Waals surface area (Å²) in [5.41, 5.74) is 2.51. The Bertz CT molecular complexity index is 1120. The van der Waals surface area contributed by atoms with Gasteiger partial charge in [0.15, 0.2) is 0 Å². The molecule has 1 aliphatic heterocycles. The Labute approximate surface area is 205 Å². The molecule has 34 heavy (non-hydrogen) atoms. The van der Waals surface area contributed by atoms with Crippen LogP contribution >= 0.6 is 11.6 Å². The normalized spacial score (nSPS) is 16.6. The molecule has 0 spiro atoms. The Morgan fingerprint density at radius 3 is 2.68 bits per heavy atom. The van der Waals surface area contributed by atoms with Gasteiger partial charge in [-0.2, -0.15) is 5.26 Å². The van der Waals surface area contributed by atoms with E-state index in [9.17, 15) is 9.59 Å². The molecule has 0 saturated carbocycles. The molecule has 1 aromatic carbocycles. The summed E-state index contributed by atoms with van der Waals surface area (Å²) in [5, 5.41) is 12.4. The number of carbonyl (C=O) groups is 2. The Morgan fingerprint density at radius 1 is 1.29 bits per heavy atom. The van der Waals surface area contributed by atoms with Gasteiger partial charge in [-0.1, -0.05) is 11.6 Å². The molecule has 1 aliphatic rings. The number of nitriles is 1. The number of nitrogens with one attached hydrogen (secondary N) is 1. The van der Waals surface area contributed by atoms with Gasteiger partial charge in [0, 0.05) is 54.7 Å². The van der Waals surface area contributed by atoms with Crippen molar-refractivity contribution in [2.24, 2.45) is 0 Å². The first kappa shape index (κ1) is 25.5. The van der Waals surface area contributed by atoms with E-state index >= 15 is 0 Å². The largest absolute Gasteiger partial charge is 0.444 e. The third-order valence-electron chi connectivity index (χ3n) is 5.60. The monoisotopic (exact) mass is 483 g/mol. The van der Waals surface area contributed by atoms with Crippen molar-refractivity contribution in [2.75, 3.05) is 25.0 Å². The molecule has 180 valence electrons. The minimum atomic E-state index is -0.529. The third kappa shape index (κ3) is 6.46. The number of aromatic nitrogens is 1. The number of hydrogen-bond donors (Lipinski definition) is 1. The second kappa shape index (κ2) is 10.4. The van der Waals surface area contributed by atoms with E-state index in [2.05, 4.69) is 15.2 Å².